The molecular weight excluding hydrogens is 259 g/mol. The van der Waals surface area contributed by atoms with E-state index >= 15 is 0 Å². The molecule has 0 radical (unpaired) electrons. The Morgan fingerprint density at radius 2 is 1.81 bits per heavy atom. The SMILES string of the molecule is C=CC1=CCC1.CC.CC.CCC12C=C(C)CCC1C2.F. The van der Waals surface area contributed by atoms with Gasteiger partial charge in [-0.05, 0) is 56.8 Å². The Morgan fingerprint density at radius 3 is 2.10 bits per heavy atom. The summed E-state index contributed by atoms with van der Waals surface area (Å²) in [5, 5.41) is 0. The Morgan fingerprint density at radius 1 is 1.24 bits per heavy atom. The van der Waals surface area contributed by atoms with Gasteiger partial charge in [-0.25, -0.2) is 0 Å². The zero-order valence-corrected chi connectivity index (χ0v) is 15.2. The van der Waals surface area contributed by atoms with E-state index in [0.29, 0.717) is 5.41 Å². The van der Waals surface area contributed by atoms with Crippen LogP contribution in [0.1, 0.15) is 80.1 Å². The first-order chi connectivity index (χ1) is 9.70. The summed E-state index contributed by atoms with van der Waals surface area (Å²) in [5.41, 5.74) is 3.74. The normalized spacial score (nSPS) is 26.9. The van der Waals surface area contributed by atoms with Crippen LogP contribution in [0.5, 0.6) is 0 Å². The molecule has 0 N–H and O–H groups in total. The molecule has 3 aliphatic rings. The lowest BCUT2D eigenvalue weighted by molar-refractivity contribution is 0.494. The highest BCUT2D eigenvalue weighted by Crippen LogP contribution is 2.61. The van der Waals surface area contributed by atoms with Crippen LogP contribution in [-0.4, -0.2) is 0 Å². The smallest absolute Gasteiger partial charge is 0.00867 e. The molecule has 0 aromatic rings. The first kappa shape index (κ1) is 22.4. The van der Waals surface area contributed by atoms with Gasteiger partial charge < -0.3 is 0 Å². The van der Waals surface area contributed by atoms with Crippen molar-refractivity contribution in [2.45, 2.75) is 80.1 Å². The highest BCUT2D eigenvalue weighted by atomic mass is 19.0. The molecule has 0 amide bonds. The minimum absolute atomic E-state index is 0. The maximum atomic E-state index is 3.61. The molecule has 0 nitrogen and oxygen atoms in total. The third-order valence-corrected chi connectivity index (χ3v) is 4.46. The number of allylic oxidation sites excluding steroid dienone is 5. The van der Waals surface area contributed by atoms with Crippen LogP contribution in [-0.2, 0) is 0 Å². The molecule has 0 heterocycles. The zero-order valence-electron chi connectivity index (χ0n) is 15.2. The Kier molecular flexibility index (Phi) is 12.6. The van der Waals surface area contributed by atoms with Crippen LogP contribution < -0.4 is 0 Å². The van der Waals surface area contributed by atoms with E-state index in [1.165, 1.54) is 44.1 Å². The average molecular weight is 297 g/mol. The van der Waals surface area contributed by atoms with Crippen molar-refractivity contribution in [1.82, 2.24) is 0 Å². The zero-order chi connectivity index (χ0) is 15.6. The van der Waals surface area contributed by atoms with Gasteiger partial charge in [-0.2, -0.15) is 0 Å². The molecule has 0 bridgehead atoms. The Labute approximate surface area is 132 Å². The van der Waals surface area contributed by atoms with Gasteiger partial charge in [0.25, 0.3) is 0 Å². The Bertz CT molecular complexity index is 338. The van der Waals surface area contributed by atoms with Crippen molar-refractivity contribution in [3.05, 3.63) is 36.0 Å². The summed E-state index contributed by atoms with van der Waals surface area (Å²) in [7, 11) is 0. The minimum atomic E-state index is 0. The molecular formula is C20H37F. The van der Waals surface area contributed by atoms with Gasteiger partial charge in [-0.15, -0.1) is 0 Å². The predicted octanol–water partition coefficient (Wildman–Crippen LogP) is 7.24. The molecule has 0 aromatic heterocycles. The fraction of sp³-hybridized carbons (Fsp3) is 0.700. The van der Waals surface area contributed by atoms with Gasteiger partial charge in [0.05, 0.1) is 0 Å². The van der Waals surface area contributed by atoms with Crippen LogP contribution in [0.4, 0.5) is 4.70 Å². The van der Waals surface area contributed by atoms with E-state index in [1.807, 2.05) is 33.8 Å². The number of hydrogen-bond donors (Lipinski definition) is 0. The molecule has 1 fully saturated rings. The van der Waals surface area contributed by atoms with Gasteiger partial charge >= 0.3 is 0 Å². The van der Waals surface area contributed by atoms with E-state index in [-0.39, 0.29) is 4.70 Å². The topological polar surface area (TPSA) is 0 Å². The lowest BCUT2D eigenvalue weighted by atomic mass is 9.89. The maximum absolute atomic E-state index is 3.61. The summed E-state index contributed by atoms with van der Waals surface area (Å²) in [4.78, 5) is 0. The second kappa shape index (κ2) is 11.8. The van der Waals surface area contributed by atoms with Crippen LogP contribution in [0.25, 0.3) is 0 Å². The first-order valence-electron chi connectivity index (χ1n) is 8.70. The van der Waals surface area contributed by atoms with Crippen molar-refractivity contribution < 1.29 is 4.70 Å². The van der Waals surface area contributed by atoms with E-state index in [4.69, 9.17) is 0 Å². The van der Waals surface area contributed by atoms with Crippen molar-refractivity contribution in [1.29, 1.82) is 0 Å². The fourth-order valence-corrected chi connectivity index (χ4v) is 2.96. The quantitative estimate of drug-likeness (QED) is 0.471. The van der Waals surface area contributed by atoms with Crippen molar-refractivity contribution in [2.75, 3.05) is 0 Å². The number of hydrogen-bond acceptors (Lipinski definition) is 0. The van der Waals surface area contributed by atoms with Gasteiger partial charge in [0, 0.05) is 0 Å². The van der Waals surface area contributed by atoms with Crippen molar-refractivity contribution >= 4 is 0 Å². The maximum Gasteiger partial charge on any atom is -0.00867 e. The lowest BCUT2D eigenvalue weighted by Gasteiger charge is -2.16. The van der Waals surface area contributed by atoms with Crippen LogP contribution >= 0.6 is 0 Å². The molecule has 1 saturated carbocycles. The molecule has 0 aliphatic heterocycles. The van der Waals surface area contributed by atoms with Crippen LogP contribution in [0.2, 0.25) is 0 Å². The predicted molar refractivity (Wildman–Crippen MR) is 96.5 cm³/mol. The molecule has 0 spiro atoms. The van der Waals surface area contributed by atoms with Crippen molar-refractivity contribution in [3.63, 3.8) is 0 Å². The Balaban J connectivity index is 0. The van der Waals surface area contributed by atoms with Crippen LogP contribution in [0.15, 0.2) is 36.0 Å². The van der Waals surface area contributed by atoms with Crippen LogP contribution in [0, 0.1) is 11.3 Å². The summed E-state index contributed by atoms with van der Waals surface area (Å²) in [6.45, 7) is 16.2. The van der Waals surface area contributed by atoms with E-state index in [1.54, 1.807) is 5.57 Å². The highest BCUT2D eigenvalue weighted by Gasteiger charge is 2.51. The Hall–Kier alpha value is -0.850. The third kappa shape index (κ3) is 6.63. The highest BCUT2D eigenvalue weighted by molar-refractivity contribution is 5.23. The second-order valence-corrected chi connectivity index (χ2v) is 5.54. The molecule has 0 saturated heterocycles. The molecule has 3 aliphatic carbocycles. The second-order valence-electron chi connectivity index (χ2n) is 5.54. The van der Waals surface area contributed by atoms with E-state index in [0.717, 1.165) is 5.92 Å². The molecule has 2 unspecified atom stereocenters. The number of rotatable bonds is 2. The summed E-state index contributed by atoms with van der Waals surface area (Å²) in [6.07, 6.45) is 14.9. The summed E-state index contributed by atoms with van der Waals surface area (Å²) in [6, 6.07) is 0. The average Bonchev–Trinajstić information content (AvgIpc) is 3.17. The molecule has 124 valence electrons. The van der Waals surface area contributed by atoms with Gasteiger partial charge in [0.2, 0.25) is 0 Å². The van der Waals surface area contributed by atoms with Gasteiger partial charge in [0.1, 0.15) is 0 Å². The van der Waals surface area contributed by atoms with E-state index in [9.17, 15) is 0 Å². The van der Waals surface area contributed by atoms with Crippen molar-refractivity contribution in [2.24, 2.45) is 11.3 Å². The van der Waals surface area contributed by atoms with Gasteiger partial charge in [-0.3, -0.25) is 4.70 Å². The monoisotopic (exact) mass is 296 g/mol. The summed E-state index contributed by atoms with van der Waals surface area (Å²) >= 11 is 0. The fourth-order valence-electron chi connectivity index (χ4n) is 2.96. The lowest BCUT2D eigenvalue weighted by Crippen LogP contribution is -2.04. The summed E-state index contributed by atoms with van der Waals surface area (Å²) < 4.78 is 0. The largest absolute Gasteiger partial charge is 0.269 e. The van der Waals surface area contributed by atoms with E-state index in [2.05, 4.69) is 32.6 Å². The van der Waals surface area contributed by atoms with E-state index < -0.39 is 0 Å². The minimum Gasteiger partial charge on any atom is -0.269 e. The van der Waals surface area contributed by atoms with Gasteiger partial charge in [0.15, 0.2) is 0 Å². The molecule has 0 aromatic carbocycles. The van der Waals surface area contributed by atoms with Crippen LogP contribution in [0.3, 0.4) is 0 Å². The van der Waals surface area contributed by atoms with Gasteiger partial charge in [-0.1, -0.05) is 70.6 Å². The summed E-state index contributed by atoms with van der Waals surface area (Å²) in [5.74, 6) is 1.07. The number of halogens is 1. The molecule has 21 heavy (non-hydrogen) atoms. The number of fused-ring (bicyclic) bond motifs is 1. The molecule has 2 atom stereocenters. The standard InChI is InChI=1S/C10H16.C6H8.2C2H6.FH/c1-3-10-6-8(2)4-5-9(10)7-10;1-2-6-4-3-5-6;2*1-2;/h6,9H,3-5,7H2,1-2H3;2,4H,1,3,5H2;2*1-2H3;1H. The van der Waals surface area contributed by atoms with Crippen molar-refractivity contribution in [3.8, 4) is 0 Å². The molecule has 3 rings (SSSR count). The third-order valence-electron chi connectivity index (χ3n) is 4.46. The molecule has 1 heteroatoms. The first-order valence-corrected chi connectivity index (χ1v) is 8.70.